The van der Waals surface area contributed by atoms with Gasteiger partial charge in [0.25, 0.3) is 0 Å². The zero-order valence-corrected chi connectivity index (χ0v) is 9.06. The van der Waals surface area contributed by atoms with Crippen molar-refractivity contribution in [2.75, 3.05) is 13.1 Å². The van der Waals surface area contributed by atoms with Gasteiger partial charge in [0.2, 0.25) is 0 Å². The molecule has 0 spiro atoms. The number of nitrogens with zero attached hydrogens (tertiary/aromatic N) is 1. The van der Waals surface area contributed by atoms with Crippen LogP contribution >= 0.6 is 0 Å². The molecule has 0 aromatic heterocycles. The highest BCUT2D eigenvalue weighted by atomic mass is 15.2. The lowest BCUT2D eigenvalue weighted by Crippen LogP contribution is -2.58. The first-order valence-corrected chi connectivity index (χ1v) is 5.37. The third-order valence-corrected chi connectivity index (χ3v) is 3.34. The molecule has 1 aliphatic rings. The molecule has 1 saturated heterocycles. The molecule has 0 radical (unpaired) electrons. The van der Waals surface area contributed by atoms with Crippen molar-refractivity contribution < 1.29 is 0 Å². The van der Waals surface area contributed by atoms with Crippen molar-refractivity contribution >= 4 is 0 Å². The Kier molecular flexibility index (Phi) is 3.16. The van der Waals surface area contributed by atoms with Crippen LogP contribution in [-0.4, -0.2) is 24.0 Å². The molecule has 0 saturated carbocycles. The predicted octanol–water partition coefficient (Wildman–Crippen LogP) is 2.91. The average molecular weight is 169 g/mol. The molecule has 12 heavy (non-hydrogen) atoms. The van der Waals surface area contributed by atoms with Crippen LogP contribution in [0.1, 0.15) is 47.0 Å². The van der Waals surface area contributed by atoms with Gasteiger partial charge in [-0.3, -0.25) is 4.90 Å². The number of rotatable bonds is 4. The molecule has 0 unspecified atom stereocenters. The molecule has 1 nitrogen and oxygen atoms in total. The van der Waals surface area contributed by atoms with Crippen LogP contribution in [0.3, 0.4) is 0 Å². The maximum absolute atomic E-state index is 2.58. The summed E-state index contributed by atoms with van der Waals surface area (Å²) >= 11 is 0. The molecule has 72 valence electrons. The van der Waals surface area contributed by atoms with Crippen molar-refractivity contribution in [1.82, 2.24) is 4.90 Å². The second-order valence-electron chi connectivity index (χ2n) is 4.60. The van der Waals surface area contributed by atoms with Crippen molar-refractivity contribution in [3.63, 3.8) is 0 Å². The standard InChI is InChI=1S/C11H23N/c1-5-7-11(6-2)8-12(9-11)10(3)4/h10H,5-9H2,1-4H3. The summed E-state index contributed by atoms with van der Waals surface area (Å²) in [6.45, 7) is 11.9. The molecule has 1 heteroatoms. The third kappa shape index (κ3) is 1.82. The monoisotopic (exact) mass is 169 g/mol. The molecule has 0 atom stereocenters. The van der Waals surface area contributed by atoms with E-state index in [-0.39, 0.29) is 0 Å². The van der Waals surface area contributed by atoms with Crippen LogP contribution in [0.2, 0.25) is 0 Å². The molecular weight excluding hydrogens is 146 g/mol. The Morgan fingerprint density at radius 2 is 1.83 bits per heavy atom. The molecule has 0 aromatic carbocycles. The largest absolute Gasteiger partial charge is 0.300 e. The highest BCUT2D eigenvalue weighted by Gasteiger charge is 2.40. The van der Waals surface area contributed by atoms with Crippen LogP contribution in [0.25, 0.3) is 0 Å². The molecule has 0 aliphatic carbocycles. The molecule has 1 aliphatic heterocycles. The van der Waals surface area contributed by atoms with Crippen molar-refractivity contribution in [3.05, 3.63) is 0 Å². The zero-order valence-electron chi connectivity index (χ0n) is 9.06. The van der Waals surface area contributed by atoms with E-state index in [0.29, 0.717) is 5.41 Å². The summed E-state index contributed by atoms with van der Waals surface area (Å²) in [6.07, 6.45) is 4.14. The SMILES string of the molecule is CCCC1(CC)CN(C(C)C)C1. The number of likely N-dealkylation sites (tertiary alicyclic amines) is 1. The molecule has 0 aromatic rings. The maximum Gasteiger partial charge on any atom is 0.00531 e. The fraction of sp³-hybridized carbons (Fsp3) is 1.00. The molecule has 0 amide bonds. The van der Waals surface area contributed by atoms with Gasteiger partial charge in [-0.05, 0) is 32.1 Å². The second kappa shape index (κ2) is 3.78. The third-order valence-electron chi connectivity index (χ3n) is 3.34. The molecule has 0 bridgehead atoms. The highest BCUT2D eigenvalue weighted by Crippen LogP contribution is 2.39. The lowest BCUT2D eigenvalue weighted by atomic mass is 9.73. The van der Waals surface area contributed by atoms with Gasteiger partial charge in [-0.15, -0.1) is 0 Å². The van der Waals surface area contributed by atoms with E-state index in [1.807, 2.05) is 0 Å². The zero-order chi connectivity index (χ0) is 9.19. The highest BCUT2D eigenvalue weighted by molar-refractivity contribution is 4.94. The van der Waals surface area contributed by atoms with Crippen LogP contribution in [0.5, 0.6) is 0 Å². The maximum atomic E-state index is 2.58. The Hall–Kier alpha value is -0.0400. The van der Waals surface area contributed by atoms with Crippen molar-refractivity contribution in [2.45, 2.75) is 53.0 Å². The first-order chi connectivity index (χ1) is 5.63. The van der Waals surface area contributed by atoms with Gasteiger partial charge in [0.15, 0.2) is 0 Å². The summed E-state index contributed by atoms with van der Waals surface area (Å²) in [6, 6.07) is 0.751. The smallest absolute Gasteiger partial charge is 0.00531 e. The van der Waals surface area contributed by atoms with Crippen LogP contribution in [0.4, 0.5) is 0 Å². The normalized spacial score (nSPS) is 22.8. The van der Waals surface area contributed by atoms with E-state index < -0.39 is 0 Å². The summed E-state index contributed by atoms with van der Waals surface area (Å²) in [4.78, 5) is 2.58. The molecule has 1 rings (SSSR count). The Bertz CT molecular complexity index is 134. The average Bonchev–Trinajstić information content (AvgIpc) is 1.95. The van der Waals surface area contributed by atoms with Gasteiger partial charge in [-0.25, -0.2) is 0 Å². The van der Waals surface area contributed by atoms with Crippen molar-refractivity contribution in [1.29, 1.82) is 0 Å². The number of hydrogen-bond donors (Lipinski definition) is 0. The van der Waals surface area contributed by atoms with E-state index in [4.69, 9.17) is 0 Å². The van der Waals surface area contributed by atoms with E-state index in [2.05, 4.69) is 32.6 Å². The fourth-order valence-corrected chi connectivity index (χ4v) is 2.27. The summed E-state index contributed by atoms with van der Waals surface area (Å²) in [5, 5.41) is 0. The summed E-state index contributed by atoms with van der Waals surface area (Å²) < 4.78 is 0. The van der Waals surface area contributed by atoms with Crippen molar-refractivity contribution in [2.24, 2.45) is 5.41 Å². The molecule has 1 fully saturated rings. The molecular formula is C11H23N. The topological polar surface area (TPSA) is 3.24 Å². The van der Waals surface area contributed by atoms with Gasteiger partial charge < -0.3 is 0 Å². The first-order valence-electron chi connectivity index (χ1n) is 5.37. The first kappa shape index (κ1) is 10.0. The molecule has 0 N–H and O–H groups in total. The second-order valence-corrected chi connectivity index (χ2v) is 4.60. The van der Waals surface area contributed by atoms with E-state index in [9.17, 15) is 0 Å². The van der Waals surface area contributed by atoms with Gasteiger partial charge in [-0.2, -0.15) is 0 Å². The quantitative estimate of drug-likeness (QED) is 0.625. The summed E-state index contributed by atoms with van der Waals surface area (Å²) in [5.41, 5.74) is 0.693. The number of hydrogen-bond acceptors (Lipinski definition) is 1. The Balaban J connectivity index is 2.35. The van der Waals surface area contributed by atoms with E-state index in [1.54, 1.807) is 0 Å². The minimum Gasteiger partial charge on any atom is -0.300 e. The van der Waals surface area contributed by atoms with Gasteiger partial charge >= 0.3 is 0 Å². The lowest BCUT2D eigenvalue weighted by Gasteiger charge is -2.52. The summed E-state index contributed by atoms with van der Waals surface area (Å²) in [7, 11) is 0. The predicted molar refractivity (Wildman–Crippen MR) is 54.3 cm³/mol. The van der Waals surface area contributed by atoms with E-state index in [1.165, 1.54) is 32.4 Å². The Morgan fingerprint density at radius 3 is 2.17 bits per heavy atom. The van der Waals surface area contributed by atoms with Gasteiger partial charge in [0.1, 0.15) is 0 Å². The van der Waals surface area contributed by atoms with Crippen LogP contribution in [0, 0.1) is 5.41 Å². The minimum absolute atomic E-state index is 0.693. The van der Waals surface area contributed by atoms with Crippen LogP contribution in [-0.2, 0) is 0 Å². The van der Waals surface area contributed by atoms with E-state index in [0.717, 1.165) is 6.04 Å². The van der Waals surface area contributed by atoms with E-state index >= 15 is 0 Å². The minimum atomic E-state index is 0.693. The van der Waals surface area contributed by atoms with Gasteiger partial charge in [-0.1, -0.05) is 20.3 Å². The lowest BCUT2D eigenvalue weighted by molar-refractivity contribution is -0.0310. The van der Waals surface area contributed by atoms with Gasteiger partial charge in [0, 0.05) is 19.1 Å². The van der Waals surface area contributed by atoms with Crippen LogP contribution in [0.15, 0.2) is 0 Å². The Morgan fingerprint density at radius 1 is 1.25 bits per heavy atom. The Labute approximate surface area is 77.1 Å². The summed E-state index contributed by atoms with van der Waals surface area (Å²) in [5.74, 6) is 0. The fourth-order valence-electron chi connectivity index (χ4n) is 2.27. The van der Waals surface area contributed by atoms with Crippen molar-refractivity contribution in [3.8, 4) is 0 Å². The molecule has 1 heterocycles. The van der Waals surface area contributed by atoms with Crippen LogP contribution < -0.4 is 0 Å². The van der Waals surface area contributed by atoms with Gasteiger partial charge in [0.05, 0.1) is 0 Å².